The van der Waals surface area contributed by atoms with Crippen molar-refractivity contribution in [2.75, 3.05) is 26.3 Å². The van der Waals surface area contributed by atoms with E-state index < -0.39 is 0 Å². The molecular formula is C11H20N2O2. The number of ether oxygens (including phenoxy) is 1. The van der Waals surface area contributed by atoms with Crippen molar-refractivity contribution in [1.29, 1.82) is 0 Å². The molecule has 0 bridgehead atoms. The van der Waals surface area contributed by atoms with Gasteiger partial charge in [-0.1, -0.05) is 6.42 Å². The zero-order valence-electron chi connectivity index (χ0n) is 9.37. The Bertz CT molecular complexity index is 227. The van der Waals surface area contributed by atoms with Gasteiger partial charge in [0.25, 0.3) is 0 Å². The summed E-state index contributed by atoms with van der Waals surface area (Å²) in [5.74, 6) is 0.269. The molecule has 2 fully saturated rings. The molecule has 2 aliphatic heterocycles. The zero-order chi connectivity index (χ0) is 10.7. The Morgan fingerprint density at radius 1 is 1.47 bits per heavy atom. The summed E-state index contributed by atoms with van der Waals surface area (Å²) >= 11 is 0. The molecule has 0 aliphatic carbocycles. The molecule has 0 radical (unpaired) electrons. The first-order valence-electron chi connectivity index (χ1n) is 5.90. The Labute approximate surface area is 91.0 Å². The number of hydrogen-bond donors (Lipinski definition) is 1. The highest BCUT2D eigenvalue weighted by atomic mass is 16.5. The van der Waals surface area contributed by atoms with Gasteiger partial charge >= 0.3 is 0 Å². The minimum atomic E-state index is 0.0549. The number of morpholine rings is 1. The van der Waals surface area contributed by atoms with Gasteiger partial charge in [-0.3, -0.25) is 4.79 Å². The van der Waals surface area contributed by atoms with Crippen LogP contribution in [-0.4, -0.2) is 49.2 Å². The van der Waals surface area contributed by atoms with Gasteiger partial charge in [0.15, 0.2) is 0 Å². The van der Waals surface area contributed by atoms with Crippen LogP contribution >= 0.6 is 0 Å². The lowest BCUT2D eigenvalue weighted by molar-refractivity contribution is -0.141. The number of amides is 1. The third-order valence-corrected chi connectivity index (χ3v) is 3.26. The molecule has 2 atom stereocenters. The fraction of sp³-hybridized carbons (Fsp3) is 0.909. The van der Waals surface area contributed by atoms with E-state index in [1.165, 1.54) is 12.8 Å². The van der Waals surface area contributed by atoms with Crippen LogP contribution in [0.15, 0.2) is 0 Å². The van der Waals surface area contributed by atoms with Gasteiger partial charge in [-0.05, 0) is 26.3 Å². The second kappa shape index (κ2) is 4.94. The van der Waals surface area contributed by atoms with Crippen LogP contribution in [0.1, 0.15) is 26.2 Å². The van der Waals surface area contributed by atoms with E-state index in [4.69, 9.17) is 4.74 Å². The van der Waals surface area contributed by atoms with Crippen LogP contribution in [0.3, 0.4) is 0 Å². The van der Waals surface area contributed by atoms with E-state index in [1.807, 2.05) is 4.90 Å². The minimum Gasteiger partial charge on any atom is -0.377 e. The van der Waals surface area contributed by atoms with E-state index >= 15 is 0 Å². The van der Waals surface area contributed by atoms with Gasteiger partial charge in [-0.2, -0.15) is 0 Å². The average molecular weight is 212 g/mol. The van der Waals surface area contributed by atoms with Crippen LogP contribution in [0, 0.1) is 0 Å². The monoisotopic (exact) mass is 212 g/mol. The quantitative estimate of drug-likeness (QED) is 0.683. The Morgan fingerprint density at radius 3 is 3.00 bits per heavy atom. The molecule has 0 aromatic heterocycles. The van der Waals surface area contributed by atoms with Crippen molar-refractivity contribution in [3.8, 4) is 0 Å². The highest BCUT2D eigenvalue weighted by Crippen LogP contribution is 2.13. The Morgan fingerprint density at radius 2 is 2.33 bits per heavy atom. The second-order valence-electron chi connectivity index (χ2n) is 4.46. The van der Waals surface area contributed by atoms with Crippen molar-refractivity contribution in [3.05, 3.63) is 0 Å². The molecule has 0 aromatic carbocycles. The van der Waals surface area contributed by atoms with Crippen molar-refractivity contribution in [3.63, 3.8) is 0 Å². The summed E-state index contributed by atoms with van der Waals surface area (Å²) in [4.78, 5) is 14.1. The van der Waals surface area contributed by atoms with Crippen molar-refractivity contribution in [2.45, 2.75) is 38.3 Å². The molecule has 0 saturated carbocycles. The number of carbonyl (C=O) groups excluding carboxylic acids is 1. The van der Waals surface area contributed by atoms with Crippen LogP contribution in [-0.2, 0) is 9.53 Å². The van der Waals surface area contributed by atoms with Crippen molar-refractivity contribution in [1.82, 2.24) is 10.2 Å². The summed E-state index contributed by atoms with van der Waals surface area (Å²) in [7, 11) is 0. The van der Waals surface area contributed by atoms with E-state index in [0.29, 0.717) is 13.2 Å². The maximum absolute atomic E-state index is 12.2. The molecule has 2 rings (SSSR count). The van der Waals surface area contributed by atoms with Gasteiger partial charge in [-0.25, -0.2) is 0 Å². The maximum Gasteiger partial charge on any atom is 0.240 e. The average Bonchev–Trinajstić information content (AvgIpc) is 2.30. The summed E-state index contributed by atoms with van der Waals surface area (Å²) in [5.41, 5.74) is 0. The third kappa shape index (κ3) is 2.49. The molecule has 4 nitrogen and oxygen atoms in total. The number of hydrogen-bond acceptors (Lipinski definition) is 3. The smallest absolute Gasteiger partial charge is 0.240 e. The molecule has 86 valence electrons. The first-order chi connectivity index (χ1) is 7.29. The van der Waals surface area contributed by atoms with Gasteiger partial charge in [0.1, 0.15) is 0 Å². The first-order valence-corrected chi connectivity index (χ1v) is 5.90. The summed E-state index contributed by atoms with van der Waals surface area (Å²) in [5, 5.41) is 3.30. The van der Waals surface area contributed by atoms with E-state index in [2.05, 4.69) is 12.2 Å². The Hall–Kier alpha value is -0.610. The highest BCUT2D eigenvalue weighted by molar-refractivity contribution is 5.82. The predicted octanol–water partition coefficient (Wildman–Crippen LogP) is 0.376. The van der Waals surface area contributed by atoms with E-state index in [9.17, 15) is 4.79 Å². The topological polar surface area (TPSA) is 41.6 Å². The lowest BCUT2D eigenvalue weighted by Crippen LogP contribution is -2.55. The van der Waals surface area contributed by atoms with Gasteiger partial charge in [0, 0.05) is 6.54 Å². The number of piperidine rings is 1. The molecule has 0 spiro atoms. The summed E-state index contributed by atoms with van der Waals surface area (Å²) in [6, 6.07) is 0.286. The van der Waals surface area contributed by atoms with Gasteiger partial charge in [0.05, 0.1) is 25.3 Å². The SMILES string of the molecule is C[C@@H]1COCCN1C(=O)[C@H]1CCCCN1. The lowest BCUT2D eigenvalue weighted by Gasteiger charge is -2.36. The van der Waals surface area contributed by atoms with Crippen molar-refractivity contribution in [2.24, 2.45) is 0 Å². The molecular weight excluding hydrogens is 192 g/mol. The van der Waals surface area contributed by atoms with E-state index in [-0.39, 0.29) is 18.0 Å². The molecule has 4 heteroatoms. The maximum atomic E-state index is 12.2. The molecule has 2 aliphatic rings. The van der Waals surface area contributed by atoms with Crippen LogP contribution in [0.5, 0.6) is 0 Å². The number of nitrogens with one attached hydrogen (secondary N) is 1. The fourth-order valence-corrected chi connectivity index (χ4v) is 2.32. The van der Waals surface area contributed by atoms with E-state index in [0.717, 1.165) is 19.5 Å². The fourth-order valence-electron chi connectivity index (χ4n) is 2.32. The van der Waals surface area contributed by atoms with Crippen molar-refractivity contribution < 1.29 is 9.53 Å². The van der Waals surface area contributed by atoms with Gasteiger partial charge in [-0.15, -0.1) is 0 Å². The van der Waals surface area contributed by atoms with Crippen LogP contribution in [0.25, 0.3) is 0 Å². The highest BCUT2D eigenvalue weighted by Gasteiger charge is 2.30. The molecule has 0 aromatic rings. The largest absolute Gasteiger partial charge is 0.377 e. The summed E-state index contributed by atoms with van der Waals surface area (Å²) in [6.45, 7) is 5.15. The van der Waals surface area contributed by atoms with Crippen LogP contribution in [0.2, 0.25) is 0 Å². The minimum absolute atomic E-state index is 0.0549. The molecule has 1 amide bonds. The van der Waals surface area contributed by atoms with Crippen LogP contribution in [0.4, 0.5) is 0 Å². The van der Waals surface area contributed by atoms with E-state index in [1.54, 1.807) is 0 Å². The Balaban J connectivity index is 1.92. The molecule has 15 heavy (non-hydrogen) atoms. The number of nitrogens with zero attached hydrogens (tertiary/aromatic N) is 1. The Kier molecular flexibility index (Phi) is 3.59. The normalized spacial score (nSPS) is 32.7. The zero-order valence-corrected chi connectivity index (χ0v) is 9.37. The van der Waals surface area contributed by atoms with Gasteiger partial charge in [0.2, 0.25) is 5.91 Å². The summed E-state index contributed by atoms with van der Waals surface area (Å²) < 4.78 is 5.34. The van der Waals surface area contributed by atoms with Crippen molar-refractivity contribution >= 4 is 5.91 Å². The molecule has 2 saturated heterocycles. The molecule has 0 unspecified atom stereocenters. The first kappa shape index (κ1) is 10.9. The molecule has 1 N–H and O–H groups in total. The lowest BCUT2D eigenvalue weighted by atomic mass is 10.0. The number of carbonyl (C=O) groups is 1. The second-order valence-corrected chi connectivity index (χ2v) is 4.46. The summed E-state index contributed by atoms with van der Waals surface area (Å²) in [6.07, 6.45) is 3.35. The predicted molar refractivity (Wildman–Crippen MR) is 57.6 cm³/mol. The number of rotatable bonds is 1. The third-order valence-electron chi connectivity index (χ3n) is 3.26. The standard InChI is InChI=1S/C11H20N2O2/c1-9-8-15-7-6-13(9)11(14)10-4-2-3-5-12-10/h9-10,12H,2-8H2,1H3/t9-,10-/m1/s1. The van der Waals surface area contributed by atoms with Crippen LogP contribution < -0.4 is 5.32 Å². The molecule has 2 heterocycles. The van der Waals surface area contributed by atoms with Gasteiger partial charge < -0.3 is 15.0 Å².